The van der Waals surface area contributed by atoms with Gasteiger partial charge < -0.3 is 9.64 Å². The molecule has 5 rings (SSSR count). The molecule has 5 heteroatoms. The number of amides is 1. The Morgan fingerprint density at radius 3 is 2.69 bits per heavy atom. The van der Waals surface area contributed by atoms with Crippen molar-refractivity contribution in [2.24, 2.45) is 4.99 Å². The quantitative estimate of drug-likeness (QED) is 0.688. The molecule has 1 amide bonds. The molecular formula is C24H21N3O2. The maximum absolute atomic E-state index is 13.7. The Labute approximate surface area is 169 Å². The van der Waals surface area contributed by atoms with E-state index in [1.807, 2.05) is 67.7 Å². The van der Waals surface area contributed by atoms with Crippen LogP contribution in [-0.4, -0.2) is 30.8 Å². The Morgan fingerprint density at radius 1 is 1.07 bits per heavy atom. The molecule has 0 saturated heterocycles. The summed E-state index contributed by atoms with van der Waals surface area (Å²) in [4.78, 5) is 25.0. The van der Waals surface area contributed by atoms with Gasteiger partial charge in [-0.15, -0.1) is 0 Å². The van der Waals surface area contributed by atoms with Crippen molar-refractivity contribution in [2.45, 2.75) is 17.9 Å². The summed E-state index contributed by atoms with van der Waals surface area (Å²) in [5.74, 6) is 0.640. The molecule has 5 nitrogen and oxygen atoms in total. The number of fused-ring (bicyclic) bond motifs is 2. The number of pyridine rings is 1. The zero-order valence-corrected chi connectivity index (χ0v) is 16.4. The molecule has 2 aromatic carbocycles. The smallest absolute Gasteiger partial charge is 0.260 e. The molecule has 0 saturated carbocycles. The molecule has 0 aliphatic carbocycles. The number of hydrogen-bond acceptors (Lipinski definition) is 4. The van der Waals surface area contributed by atoms with Gasteiger partial charge in [-0.05, 0) is 35.9 Å². The summed E-state index contributed by atoms with van der Waals surface area (Å²) < 4.78 is 5.45. The maximum Gasteiger partial charge on any atom is 0.260 e. The molecule has 1 aromatic heterocycles. The van der Waals surface area contributed by atoms with Crippen molar-refractivity contribution in [2.75, 3.05) is 19.1 Å². The molecule has 144 valence electrons. The van der Waals surface area contributed by atoms with Crippen LogP contribution in [0.25, 0.3) is 0 Å². The largest absolute Gasteiger partial charge is 0.497 e. The van der Waals surface area contributed by atoms with E-state index in [4.69, 9.17) is 9.73 Å². The molecule has 0 bridgehead atoms. The molecule has 2 unspecified atom stereocenters. The SMILES string of the molecule is COc1cccc(C2CC(c3ccccn3)=NC23C(=O)N(C)c2ccccc23)c1. The van der Waals surface area contributed by atoms with Crippen LogP contribution in [0.1, 0.15) is 29.2 Å². The normalized spacial score (nSPS) is 22.7. The van der Waals surface area contributed by atoms with Gasteiger partial charge in [-0.25, -0.2) is 0 Å². The minimum absolute atomic E-state index is 0.00236. The van der Waals surface area contributed by atoms with E-state index in [-0.39, 0.29) is 11.8 Å². The number of para-hydroxylation sites is 1. The first-order valence-electron chi connectivity index (χ1n) is 9.67. The van der Waals surface area contributed by atoms with Crippen molar-refractivity contribution in [1.29, 1.82) is 0 Å². The number of benzene rings is 2. The number of hydrogen-bond donors (Lipinski definition) is 0. The van der Waals surface area contributed by atoms with Crippen molar-refractivity contribution in [3.05, 3.63) is 89.7 Å². The van der Waals surface area contributed by atoms with Crippen molar-refractivity contribution in [3.8, 4) is 5.75 Å². The zero-order valence-electron chi connectivity index (χ0n) is 16.4. The highest BCUT2D eigenvalue weighted by Crippen LogP contribution is 2.55. The fraction of sp³-hybridized carbons (Fsp3) is 0.208. The first-order chi connectivity index (χ1) is 14.1. The van der Waals surface area contributed by atoms with Gasteiger partial charge in [-0.2, -0.15) is 0 Å². The third kappa shape index (κ3) is 2.50. The fourth-order valence-corrected chi connectivity index (χ4v) is 4.60. The van der Waals surface area contributed by atoms with Gasteiger partial charge in [0, 0.05) is 36.8 Å². The van der Waals surface area contributed by atoms with Gasteiger partial charge in [0.2, 0.25) is 0 Å². The Bertz CT molecular complexity index is 1130. The molecule has 29 heavy (non-hydrogen) atoms. The highest BCUT2D eigenvalue weighted by Gasteiger charge is 2.58. The van der Waals surface area contributed by atoms with E-state index in [0.717, 1.165) is 34.0 Å². The van der Waals surface area contributed by atoms with Gasteiger partial charge in [0.25, 0.3) is 5.91 Å². The topological polar surface area (TPSA) is 54.8 Å². The molecule has 2 aliphatic rings. The molecule has 0 fully saturated rings. The summed E-state index contributed by atoms with van der Waals surface area (Å²) in [6, 6.07) is 21.7. The third-order valence-electron chi connectivity index (χ3n) is 5.98. The van der Waals surface area contributed by atoms with Crippen LogP contribution in [-0.2, 0) is 10.3 Å². The van der Waals surface area contributed by atoms with Crippen LogP contribution >= 0.6 is 0 Å². The summed E-state index contributed by atoms with van der Waals surface area (Å²) in [6.07, 6.45) is 2.40. The minimum Gasteiger partial charge on any atom is -0.497 e. The molecule has 0 N–H and O–H groups in total. The van der Waals surface area contributed by atoms with Crippen LogP contribution in [0.15, 0.2) is 77.9 Å². The molecule has 1 spiro atoms. The predicted octanol–water partition coefficient (Wildman–Crippen LogP) is 3.94. The maximum atomic E-state index is 13.7. The van der Waals surface area contributed by atoms with Crippen molar-refractivity contribution in [1.82, 2.24) is 4.98 Å². The summed E-state index contributed by atoms with van der Waals surface area (Å²) in [5, 5.41) is 0. The Balaban J connectivity index is 1.74. The number of rotatable bonds is 3. The van der Waals surface area contributed by atoms with Crippen molar-refractivity contribution < 1.29 is 9.53 Å². The van der Waals surface area contributed by atoms with E-state index in [1.165, 1.54) is 0 Å². The van der Waals surface area contributed by atoms with Gasteiger partial charge in [0.1, 0.15) is 5.75 Å². The molecule has 3 aromatic rings. The van der Waals surface area contributed by atoms with E-state index in [0.29, 0.717) is 6.42 Å². The lowest BCUT2D eigenvalue weighted by atomic mass is 9.75. The number of aliphatic imine (C=N–C) groups is 1. The van der Waals surface area contributed by atoms with E-state index in [9.17, 15) is 4.79 Å². The first-order valence-corrected chi connectivity index (χ1v) is 9.67. The second kappa shape index (κ2) is 6.55. The van der Waals surface area contributed by atoms with E-state index in [1.54, 1.807) is 18.2 Å². The molecule has 3 heterocycles. The average molecular weight is 383 g/mol. The second-order valence-corrected chi connectivity index (χ2v) is 7.45. The third-order valence-corrected chi connectivity index (χ3v) is 5.98. The number of methoxy groups -OCH3 is 1. The van der Waals surface area contributed by atoms with Gasteiger partial charge in [-0.3, -0.25) is 14.8 Å². The summed E-state index contributed by atoms with van der Waals surface area (Å²) in [5.41, 5.74) is 3.60. The van der Waals surface area contributed by atoms with Crippen LogP contribution in [0, 0.1) is 0 Å². The molecule has 2 atom stereocenters. The Kier molecular flexibility index (Phi) is 3.98. The lowest BCUT2D eigenvalue weighted by Crippen LogP contribution is -2.40. The number of likely N-dealkylation sites (N-methyl/N-ethyl adjacent to an activating group) is 1. The lowest BCUT2D eigenvalue weighted by Gasteiger charge is -2.28. The minimum atomic E-state index is -0.982. The lowest BCUT2D eigenvalue weighted by molar-refractivity contribution is -0.123. The zero-order chi connectivity index (χ0) is 20.0. The summed E-state index contributed by atoms with van der Waals surface area (Å²) in [7, 11) is 3.48. The van der Waals surface area contributed by atoms with Crippen LogP contribution in [0.2, 0.25) is 0 Å². The monoisotopic (exact) mass is 383 g/mol. The van der Waals surface area contributed by atoms with Crippen LogP contribution in [0.5, 0.6) is 5.75 Å². The number of aromatic nitrogens is 1. The van der Waals surface area contributed by atoms with Gasteiger partial charge in [-0.1, -0.05) is 36.4 Å². The van der Waals surface area contributed by atoms with Gasteiger partial charge in [0.15, 0.2) is 5.54 Å². The molecule has 0 radical (unpaired) electrons. The number of anilines is 1. The van der Waals surface area contributed by atoms with Gasteiger partial charge >= 0.3 is 0 Å². The Hall–Kier alpha value is -3.47. The number of nitrogens with zero attached hydrogens (tertiary/aromatic N) is 3. The van der Waals surface area contributed by atoms with E-state index in [2.05, 4.69) is 11.1 Å². The van der Waals surface area contributed by atoms with Crippen LogP contribution in [0.3, 0.4) is 0 Å². The first kappa shape index (κ1) is 17.6. The fourth-order valence-electron chi connectivity index (χ4n) is 4.60. The predicted molar refractivity (Wildman–Crippen MR) is 113 cm³/mol. The summed E-state index contributed by atoms with van der Waals surface area (Å²) >= 11 is 0. The number of carbonyl (C=O) groups is 1. The standard InChI is InChI=1S/C24H21N3O2/c1-27-22-12-4-3-10-18(22)24(23(27)28)19(16-8-7-9-17(14-16)29-2)15-21(26-24)20-11-5-6-13-25-20/h3-14,19H,15H2,1-2H3. The van der Waals surface area contributed by atoms with Crippen LogP contribution in [0.4, 0.5) is 5.69 Å². The molecule has 2 aliphatic heterocycles. The molecular weight excluding hydrogens is 362 g/mol. The Morgan fingerprint density at radius 2 is 1.90 bits per heavy atom. The average Bonchev–Trinajstić information content (AvgIpc) is 3.28. The van der Waals surface area contributed by atoms with E-state index < -0.39 is 5.54 Å². The summed E-state index contributed by atoms with van der Waals surface area (Å²) in [6.45, 7) is 0. The highest BCUT2D eigenvalue weighted by molar-refractivity contribution is 6.13. The number of carbonyl (C=O) groups excluding carboxylic acids is 1. The van der Waals surface area contributed by atoms with E-state index >= 15 is 0 Å². The highest BCUT2D eigenvalue weighted by atomic mass is 16.5. The number of ether oxygens (including phenoxy) is 1. The van der Waals surface area contributed by atoms with Gasteiger partial charge in [0.05, 0.1) is 18.5 Å². The van der Waals surface area contributed by atoms with Crippen molar-refractivity contribution >= 4 is 17.3 Å². The van der Waals surface area contributed by atoms with Crippen molar-refractivity contribution in [3.63, 3.8) is 0 Å². The van der Waals surface area contributed by atoms with Crippen LogP contribution < -0.4 is 9.64 Å². The second-order valence-electron chi connectivity index (χ2n) is 7.45.